The van der Waals surface area contributed by atoms with Crippen molar-refractivity contribution < 1.29 is 22.7 Å². The molecular formula is C15H13F4NO. The lowest BCUT2D eigenvalue weighted by atomic mass is 10.1. The van der Waals surface area contributed by atoms with Crippen LogP contribution in [-0.4, -0.2) is 5.11 Å². The fraction of sp³-hybridized carbons (Fsp3) is 0.200. The maximum atomic E-state index is 13.2. The average Bonchev–Trinajstić information content (AvgIpc) is 2.40. The zero-order valence-electron chi connectivity index (χ0n) is 11.1. The summed E-state index contributed by atoms with van der Waals surface area (Å²) in [7, 11) is 0. The number of nitrogens with one attached hydrogen (secondary N) is 1. The van der Waals surface area contributed by atoms with Gasteiger partial charge >= 0.3 is 6.18 Å². The first-order valence-electron chi connectivity index (χ1n) is 6.16. The summed E-state index contributed by atoms with van der Waals surface area (Å²) in [6.45, 7) is 1.97. The highest BCUT2D eigenvalue weighted by atomic mass is 19.4. The highest BCUT2D eigenvalue weighted by molar-refractivity contribution is 5.48. The Morgan fingerprint density at radius 1 is 1.10 bits per heavy atom. The van der Waals surface area contributed by atoms with Gasteiger partial charge < -0.3 is 10.4 Å². The molecule has 0 aliphatic heterocycles. The zero-order valence-corrected chi connectivity index (χ0v) is 11.1. The lowest BCUT2D eigenvalue weighted by Crippen LogP contribution is -2.09. The number of aryl methyl sites for hydroxylation is 1. The van der Waals surface area contributed by atoms with E-state index in [4.69, 9.17) is 0 Å². The largest absolute Gasteiger partial charge is 0.508 e. The average molecular weight is 299 g/mol. The minimum absolute atomic E-state index is 0.0475. The van der Waals surface area contributed by atoms with Gasteiger partial charge in [-0.25, -0.2) is 4.39 Å². The molecule has 2 N–H and O–H groups in total. The van der Waals surface area contributed by atoms with Crippen molar-refractivity contribution in [2.45, 2.75) is 19.6 Å². The summed E-state index contributed by atoms with van der Waals surface area (Å²) in [5.74, 6) is -1.27. The van der Waals surface area contributed by atoms with E-state index in [0.717, 1.165) is 11.6 Å². The molecule has 0 heterocycles. The van der Waals surface area contributed by atoms with Crippen LogP contribution in [0, 0.1) is 12.7 Å². The molecule has 0 aliphatic carbocycles. The van der Waals surface area contributed by atoms with E-state index in [1.165, 1.54) is 12.1 Å². The van der Waals surface area contributed by atoms with Crippen molar-refractivity contribution in [3.63, 3.8) is 0 Å². The van der Waals surface area contributed by atoms with Gasteiger partial charge in [-0.3, -0.25) is 0 Å². The topological polar surface area (TPSA) is 32.3 Å². The minimum atomic E-state index is -4.74. The predicted molar refractivity (Wildman–Crippen MR) is 71.6 cm³/mol. The van der Waals surface area contributed by atoms with E-state index in [1.54, 1.807) is 12.1 Å². The molecular weight excluding hydrogens is 286 g/mol. The van der Waals surface area contributed by atoms with E-state index in [1.807, 2.05) is 6.92 Å². The fourth-order valence-electron chi connectivity index (χ4n) is 1.91. The van der Waals surface area contributed by atoms with Crippen LogP contribution in [0.15, 0.2) is 36.4 Å². The van der Waals surface area contributed by atoms with Crippen LogP contribution < -0.4 is 5.32 Å². The predicted octanol–water partition coefficient (Wildman–Crippen LogP) is 4.47. The summed E-state index contributed by atoms with van der Waals surface area (Å²) >= 11 is 0. The summed E-state index contributed by atoms with van der Waals surface area (Å²) in [6, 6.07) is 7.65. The van der Waals surface area contributed by atoms with Crippen LogP contribution in [0.1, 0.15) is 16.7 Å². The third-order valence-electron chi connectivity index (χ3n) is 2.99. The molecule has 112 valence electrons. The molecule has 0 bridgehead atoms. The number of phenolic OH excluding ortho intramolecular Hbond substituents is 1. The van der Waals surface area contributed by atoms with Crippen molar-refractivity contribution in [2.75, 3.05) is 5.32 Å². The zero-order chi connectivity index (χ0) is 15.6. The Balaban J connectivity index is 2.19. The number of phenols is 1. The van der Waals surface area contributed by atoms with Gasteiger partial charge in [0.05, 0.1) is 5.56 Å². The second kappa shape index (κ2) is 5.63. The lowest BCUT2D eigenvalue weighted by molar-refractivity contribution is -0.139. The minimum Gasteiger partial charge on any atom is -0.508 e. The van der Waals surface area contributed by atoms with Gasteiger partial charge in [-0.1, -0.05) is 17.7 Å². The van der Waals surface area contributed by atoms with Gasteiger partial charge in [-0.15, -0.1) is 0 Å². The first kappa shape index (κ1) is 15.2. The van der Waals surface area contributed by atoms with E-state index < -0.39 is 17.6 Å². The van der Waals surface area contributed by atoms with Gasteiger partial charge in [-0.2, -0.15) is 13.2 Å². The highest BCUT2D eigenvalue weighted by Crippen LogP contribution is 2.33. The van der Waals surface area contributed by atoms with E-state index in [9.17, 15) is 22.7 Å². The van der Waals surface area contributed by atoms with Crippen molar-refractivity contribution in [3.8, 4) is 5.75 Å². The van der Waals surface area contributed by atoms with Gasteiger partial charge in [0, 0.05) is 17.8 Å². The van der Waals surface area contributed by atoms with Crippen molar-refractivity contribution in [2.24, 2.45) is 0 Å². The number of aromatic hydroxyl groups is 1. The monoisotopic (exact) mass is 299 g/mol. The number of rotatable bonds is 3. The summed E-state index contributed by atoms with van der Waals surface area (Å²) in [5.41, 5.74) is 0.276. The quantitative estimate of drug-likeness (QED) is 0.820. The smallest absolute Gasteiger partial charge is 0.419 e. The molecule has 0 aromatic heterocycles. The van der Waals surface area contributed by atoms with Crippen LogP contribution >= 0.6 is 0 Å². The molecule has 0 radical (unpaired) electrons. The maximum absolute atomic E-state index is 13.2. The third-order valence-corrected chi connectivity index (χ3v) is 2.99. The normalized spacial score (nSPS) is 11.5. The first-order valence-corrected chi connectivity index (χ1v) is 6.16. The Morgan fingerprint density at radius 2 is 1.81 bits per heavy atom. The van der Waals surface area contributed by atoms with Gasteiger partial charge in [0.15, 0.2) is 0 Å². The molecule has 0 saturated heterocycles. The highest BCUT2D eigenvalue weighted by Gasteiger charge is 2.34. The summed E-state index contributed by atoms with van der Waals surface area (Å²) < 4.78 is 51.0. The summed E-state index contributed by atoms with van der Waals surface area (Å²) in [5, 5.41) is 12.4. The summed E-state index contributed by atoms with van der Waals surface area (Å²) in [4.78, 5) is 0. The van der Waals surface area contributed by atoms with Gasteiger partial charge in [0.1, 0.15) is 11.6 Å². The molecule has 0 spiro atoms. The molecule has 0 aliphatic rings. The van der Waals surface area contributed by atoms with Crippen LogP contribution in [0.4, 0.5) is 23.2 Å². The standard InChI is InChI=1S/C15H13F4NO/c1-9-2-5-14(21)10(6-9)8-20-11-3-4-13(16)12(7-11)15(17,18)19/h2-7,20-21H,8H2,1H3. The molecule has 0 fully saturated rings. The molecule has 0 amide bonds. The second-order valence-electron chi connectivity index (χ2n) is 4.68. The number of halogens is 4. The molecule has 21 heavy (non-hydrogen) atoms. The number of alkyl halides is 3. The number of benzene rings is 2. The number of hydrogen-bond acceptors (Lipinski definition) is 2. The van der Waals surface area contributed by atoms with Crippen molar-refractivity contribution in [1.29, 1.82) is 0 Å². The number of hydrogen-bond donors (Lipinski definition) is 2. The molecule has 2 aromatic rings. The third kappa shape index (κ3) is 3.65. The molecule has 6 heteroatoms. The lowest BCUT2D eigenvalue weighted by Gasteiger charge is -2.12. The summed E-state index contributed by atoms with van der Waals surface area (Å²) in [6.07, 6.45) is -4.74. The fourth-order valence-corrected chi connectivity index (χ4v) is 1.91. The van der Waals surface area contributed by atoms with Gasteiger partial charge in [0.25, 0.3) is 0 Å². The van der Waals surface area contributed by atoms with Gasteiger partial charge in [-0.05, 0) is 31.2 Å². The molecule has 2 nitrogen and oxygen atoms in total. The SMILES string of the molecule is Cc1ccc(O)c(CNc2ccc(F)c(C(F)(F)F)c2)c1. The van der Waals surface area contributed by atoms with Crippen molar-refractivity contribution in [3.05, 3.63) is 58.9 Å². The number of anilines is 1. The Kier molecular flexibility index (Phi) is 4.06. The first-order chi connectivity index (χ1) is 9.77. The van der Waals surface area contributed by atoms with Gasteiger partial charge in [0.2, 0.25) is 0 Å². The van der Waals surface area contributed by atoms with Crippen LogP contribution in [0.25, 0.3) is 0 Å². The molecule has 2 rings (SSSR count). The van der Waals surface area contributed by atoms with Crippen LogP contribution in [0.3, 0.4) is 0 Å². The van der Waals surface area contributed by atoms with Crippen LogP contribution in [-0.2, 0) is 12.7 Å². The second-order valence-corrected chi connectivity index (χ2v) is 4.68. The van der Waals surface area contributed by atoms with Crippen LogP contribution in [0.5, 0.6) is 5.75 Å². The maximum Gasteiger partial charge on any atom is 0.419 e. The Morgan fingerprint density at radius 3 is 2.48 bits per heavy atom. The van der Waals surface area contributed by atoms with Crippen LogP contribution in [0.2, 0.25) is 0 Å². The molecule has 0 unspecified atom stereocenters. The Hall–Kier alpha value is -2.24. The van der Waals surface area contributed by atoms with Crippen molar-refractivity contribution >= 4 is 5.69 Å². The molecule has 0 saturated carbocycles. The Labute approximate surface area is 119 Å². The van der Waals surface area contributed by atoms with Crippen molar-refractivity contribution in [1.82, 2.24) is 0 Å². The van der Waals surface area contributed by atoms with E-state index >= 15 is 0 Å². The molecule has 0 atom stereocenters. The van der Waals surface area contributed by atoms with E-state index in [-0.39, 0.29) is 18.0 Å². The molecule has 2 aromatic carbocycles. The van der Waals surface area contributed by atoms with E-state index in [0.29, 0.717) is 11.6 Å². The van der Waals surface area contributed by atoms with E-state index in [2.05, 4.69) is 5.32 Å². The Bertz CT molecular complexity index is 653.